The van der Waals surface area contributed by atoms with Gasteiger partial charge in [0.05, 0.1) is 0 Å². The fraction of sp³-hybridized carbons (Fsp3) is 0.692. The van der Waals surface area contributed by atoms with Crippen molar-refractivity contribution < 1.29 is 39.6 Å². The van der Waals surface area contributed by atoms with Gasteiger partial charge >= 0.3 is 23.9 Å². The van der Waals surface area contributed by atoms with Gasteiger partial charge in [0, 0.05) is 12.8 Å². The third kappa shape index (κ3) is 27.2. The number of hydrogen-bond acceptors (Lipinski definition) is 4. The number of hydrogen-bond donors (Lipinski definition) is 4. The molecule has 0 saturated heterocycles. The molecule has 0 radical (unpaired) electrons. The van der Waals surface area contributed by atoms with Crippen molar-refractivity contribution in [3.05, 3.63) is 0 Å². The second-order valence-electron chi connectivity index (χ2n) is 4.37. The third-order valence-corrected chi connectivity index (χ3v) is 2.33. The van der Waals surface area contributed by atoms with Gasteiger partial charge in [0.15, 0.2) is 0 Å². The van der Waals surface area contributed by atoms with E-state index in [-0.39, 0.29) is 12.8 Å². The highest BCUT2D eigenvalue weighted by atomic mass is 16.4. The topological polar surface area (TPSA) is 149 Å². The van der Waals surface area contributed by atoms with Crippen molar-refractivity contribution in [2.24, 2.45) is 0 Å². The predicted octanol–water partition coefficient (Wildman–Crippen LogP) is 1.82. The van der Waals surface area contributed by atoms with Crippen LogP contribution in [0.3, 0.4) is 0 Å². The third-order valence-electron chi connectivity index (χ3n) is 2.33. The Morgan fingerprint density at radius 3 is 0.952 bits per heavy atom. The van der Waals surface area contributed by atoms with E-state index in [2.05, 4.69) is 0 Å². The summed E-state index contributed by atoms with van der Waals surface area (Å²) < 4.78 is 0. The summed E-state index contributed by atoms with van der Waals surface area (Å²) in [6.45, 7) is 0. The van der Waals surface area contributed by atoms with Gasteiger partial charge in [0.1, 0.15) is 6.42 Å². The molecule has 8 nitrogen and oxygen atoms in total. The molecule has 0 heterocycles. The molecule has 0 spiro atoms. The molecule has 4 N–H and O–H groups in total. The molecule has 0 aliphatic rings. The standard InChI is InChI=1S/C10H18O4.C3H4O4/c11-9(12)7-5-3-1-2-4-6-8-10(13)14;4-2(5)1-3(6)7/h1-8H2,(H,11,12)(H,13,14);1H2,(H,4,5)(H,6,7). The van der Waals surface area contributed by atoms with E-state index < -0.39 is 30.3 Å². The van der Waals surface area contributed by atoms with Crippen LogP contribution in [0.4, 0.5) is 0 Å². The molecular weight excluding hydrogens is 284 g/mol. The molecule has 0 amide bonds. The fourth-order valence-electron chi connectivity index (χ4n) is 1.39. The predicted molar refractivity (Wildman–Crippen MR) is 72.1 cm³/mol. The average molecular weight is 306 g/mol. The van der Waals surface area contributed by atoms with Crippen molar-refractivity contribution in [3.8, 4) is 0 Å². The van der Waals surface area contributed by atoms with Gasteiger partial charge in [0.25, 0.3) is 0 Å². The van der Waals surface area contributed by atoms with Crippen molar-refractivity contribution in [1.29, 1.82) is 0 Å². The van der Waals surface area contributed by atoms with E-state index in [1.165, 1.54) is 0 Å². The molecule has 0 unspecified atom stereocenters. The van der Waals surface area contributed by atoms with Crippen LogP contribution in [0.25, 0.3) is 0 Å². The summed E-state index contributed by atoms with van der Waals surface area (Å²) in [4.78, 5) is 39.1. The van der Waals surface area contributed by atoms with E-state index in [4.69, 9.17) is 20.4 Å². The van der Waals surface area contributed by atoms with Gasteiger partial charge in [-0.25, -0.2) is 0 Å². The lowest BCUT2D eigenvalue weighted by Crippen LogP contribution is -2.03. The second-order valence-corrected chi connectivity index (χ2v) is 4.37. The van der Waals surface area contributed by atoms with E-state index in [1.807, 2.05) is 0 Å². The molecule has 0 aromatic heterocycles. The van der Waals surface area contributed by atoms with Crippen molar-refractivity contribution in [2.75, 3.05) is 0 Å². The molecule has 0 aliphatic heterocycles. The Hall–Kier alpha value is -2.12. The number of carboxylic acid groups (broad SMARTS) is 4. The van der Waals surface area contributed by atoms with Crippen LogP contribution in [0.5, 0.6) is 0 Å². The molecule has 21 heavy (non-hydrogen) atoms. The average Bonchev–Trinajstić information content (AvgIpc) is 2.30. The maximum atomic E-state index is 10.1. The Balaban J connectivity index is 0. The normalized spacial score (nSPS) is 9.33. The summed E-state index contributed by atoms with van der Waals surface area (Å²) in [7, 11) is 0. The maximum absolute atomic E-state index is 10.1. The maximum Gasteiger partial charge on any atom is 0.314 e. The first kappa shape index (κ1) is 21.2. The smallest absolute Gasteiger partial charge is 0.314 e. The number of unbranched alkanes of at least 4 members (excludes halogenated alkanes) is 5. The lowest BCUT2D eigenvalue weighted by molar-refractivity contribution is -0.147. The van der Waals surface area contributed by atoms with E-state index in [1.54, 1.807) is 0 Å². The van der Waals surface area contributed by atoms with Crippen LogP contribution in [-0.2, 0) is 19.2 Å². The van der Waals surface area contributed by atoms with Gasteiger partial charge < -0.3 is 20.4 Å². The van der Waals surface area contributed by atoms with Crippen LogP contribution in [0.1, 0.15) is 57.8 Å². The summed E-state index contributed by atoms with van der Waals surface area (Å²) in [6.07, 6.45) is 5.02. The second kappa shape index (κ2) is 14.3. The first-order chi connectivity index (χ1) is 9.75. The number of carboxylic acids is 4. The van der Waals surface area contributed by atoms with Gasteiger partial charge in [0.2, 0.25) is 0 Å². The van der Waals surface area contributed by atoms with Crippen molar-refractivity contribution in [1.82, 2.24) is 0 Å². The van der Waals surface area contributed by atoms with E-state index >= 15 is 0 Å². The van der Waals surface area contributed by atoms with Crippen LogP contribution in [-0.4, -0.2) is 44.3 Å². The quantitative estimate of drug-likeness (QED) is 0.333. The van der Waals surface area contributed by atoms with Gasteiger partial charge in [-0.3, -0.25) is 19.2 Å². The highest BCUT2D eigenvalue weighted by Gasteiger charge is 2.01. The lowest BCUT2D eigenvalue weighted by atomic mass is 10.1. The molecule has 0 fully saturated rings. The van der Waals surface area contributed by atoms with Crippen LogP contribution in [0.15, 0.2) is 0 Å². The van der Waals surface area contributed by atoms with E-state index in [0.29, 0.717) is 0 Å². The first-order valence-corrected chi connectivity index (χ1v) is 6.63. The van der Waals surface area contributed by atoms with E-state index in [0.717, 1.165) is 38.5 Å². The van der Waals surface area contributed by atoms with Gasteiger partial charge in [-0.05, 0) is 12.8 Å². The monoisotopic (exact) mass is 306 g/mol. The van der Waals surface area contributed by atoms with Gasteiger partial charge in [-0.1, -0.05) is 25.7 Å². The van der Waals surface area contributed by atoms with E-state index in [9.17, 15) is 19.2 Å². The minimum absolute atomic E-state index is 0.245. The van der Waals surface area contributed by atoms with Crippen molar-refractivity contribution in [2.45, 2.75) is 57.8 Å². The molecule has 8 heteroatoms. The Labute approximate surface area is 122 Å². The van der Waals surface area contributed by atoms with Crippen LogP contribution >= 0.6 is 0 Å². The molecule has 0 rings (SSSR count). The molecule has 0 aliphatic carbocycles. The van der Waals surface area contributed by atoms with Crippen molar-refractivity contribution in [3.63, 3.8) is 0 Å². The highest BCUT2D eigenvalue weighted by molar-refractivity contribution is 5.88. The van der Waals surface area contributed by atoms with Crippen molar-refractivity contribution >= 4 is 23.9 Å². The summed E-state index contributed by atoms with van der Waals surface area (Å²) in [5, 5.41) is 32.1. The summed E-state index contributed by atoms with van der Waals surface area (Å²) >= 11 is 0. The zero-order valence-electron chi connectivity index (χ0n) is 11.8. The minimum atomic E-state index is -1.31. The molecule has 0 saturated carbocycles. The highest BCUT2D eigenvalue weighted by Crippen LogP contribution is 2.08. The largest absolute Gasteiger partial charge is 0.481 e. The van der Waals surface area contributed by atoms with Gasteiger partial charge in [-0.15, -0.1) is 0 Å². The zero-order valence-corrected chi connectivity index (χ0v) is 11.8. The molecule has 0 aromatic carbocycles. The lowest BCUT2D eigenvalue weighted by Gasteiger charge is -1.98. The molecule has 0 bridgehead atoms. The number of rotatable bonds is 11. The SMILES string of the molecule is O=C(O)CC(=O)O.O=C(O)CCCCCCCCC(=O)O. The molecule has 0 aromatic rings. The summed E-state index contributed by atoms with van der Waals surface area (Å²) in [5.41, 5.74) is 0. The number of aliphatic carboxylic acids is 4. The Morgan fingerprint density at radius 1 is 0.476 bits per heavy atom. The first-order valence-electron chi connectivity index (χ1n) is 6.63. The molecular formula is C13H22O8. The Kier molecular flexibility index (Phi) is 14.4. The zero-order chi connectivity index (χ0) is 16.7. The number of carbonyl (C=O) groups is 4. The molecule has 0 atom stereocenters. The van der Waals surface area contributed by atoms with Gasteiger partial charge in [-0.2, -0.15) is 0 Å². The summed E-state index contributed by atoms with van der Waals surface area (Å²) in [6, 6.07) is 0. The fourth-order valence-corrected chi connectivity index (χ4v) is 1.39. The Morgan fingerprint density at radius 2 is 0.762 bits per heavy atom. The van der Waals surface area contributed by atoms with Crippen LogP contribution < -0.4 is 0 Å². The molecule has 122 valence electrons. The van der Waals surface area contributed by atoms with Crippen LogP contribution in [0, 0.1) is 0 Å². The Bertz CT molecular complexity index is 305. The summed E-state index contributed by atoms with van der Waals surface area (Å²) in [5.74, 6) is -4.10. The van der Waals surface area contributed by atoms with Crippen LogP contribution in [0.2, 0.25) is 0 Å². The minimum Gasteiger partial charge on any atom is -0.481 e.